The number of carbonyl (C=O) groups excluding carboxylic acids is 3. The van der Waals surface area contributed by atoms with E-state index in [0.717, 1.165) is 22.4 Å². The number of carbonyl (C=O) groups is 3. The SMILES string of the molecule is CCc1ccc(N2C(=O)NC(=O)/C(=C/c3ccc(-c4ccccc4)o3)C2=O)cc1. The van der Waals surface area contributed by atoms with Crippen molar-refractivity contribution < 1.29 is 18.8 Å². The summed E-state index contributed by atoms with van der Waals surface area (Å²) in [5, 5.41) is 2.21. The fourth-order valence-electron chi connectivity index (χ4n) is 3.10. The second-order valence-electron chi connectivity index (χ2n) is 6.55. The van der Waals surface area contributed by atoms with Crippen molar-refractivity contribution in [2.45, 2.75) is 13.3 Å². The Morgan fingerprint density at radius 1 is 0.931 bits per heavy atom. The highest BCUT2D eigenvalue weighted by Gasteiger charge is 2.37. The van der Waals surface area contributed by atoms with E-state index >= 15 is 0 Å². The Morgan fingerprint density at radius 2 is 1.66 bits per heavy atom. The predicted molar refractivity (Wildman–Crippen MR) is 109 cm³/mol. The standard InChI is InChI=1S/C23H18N2O4/c1-2-15-8-10-17(11-9-15)25-22(27)19(21(26)24-23(25)28)14-18-12-13-20(29-18)16-6-4-3-5-7-16/h3-14H,2H2,1H3,(H,24,26,28)/b19-14-. The van der Waals surface area contributed by atoms with Crippen molar-refractivity contribution >= 4 is 29.6 Å². The fraction of sp³-hybridized carbons (Fsp3) is 0.0870. The van der Waals surface area contributed by atoms with Gasteiger partial charge in [-0.05, 0) is 42.3 Å². The molecule has 1 aliphatic heterocycles. The predicted octanol–water partition coefficient (Wildman–Crippen LogP) is 4.18. The molecule has 1 fully saturated rings. The van der Waals surface area contributed by atoms with Crippen LogP contribution < -0.4 is 10.2 Å². The maximum atomic E-state index is 12.9. The van der Waals surface area contributed by atoms with Gasteiger partial charge in [-0.15, -0.1) is 0 Å². The van der Waals surface area contributed by atoms with E-state index in [1.54, 1.807) is 24.3 Å². The van der Waals surface area contributed by atoms with Gasteiger partial charge in [-0.2, -0.15) is 0 Å². The number of hydrogen-bond donors (Lipinski definition) is 1. The van der Waals surface area contributed by atoms with E-state index in [1.807, 2.05) is 49.4 Å². The highest BCUT2D eigenvalue weighted by atomic mass is 16.3. The zero-order valence-electron chi connectivity index (χ0n) is 15.7. The summed E-state index contributed by atoms with van der Waals surface area (Å²) in [6, 6.07) is 19.2. The molecule has 2 aromatic carbocycles. The van der Waals surface area contributed by atoms with Crippen LogP contribution in [0.1, 0.15) is 18.2 Å². The third-order valence-electron chi connectivity index (χ3n) is 4.68. The van der Waals surface area contributed by atoms with E-state index in [2.05, 4.69) is 5.32 Å². The van der Waals surface area contributed by atoms with Gasteiger partial charge in [0.1, 0.15) is 17.1 Å². The molecule has 4 amide bonds. The maximum absolute atomic E-state index is 12.9. The number of benzene rings is 2. The minimum atomic E-state index is -0.772. The average Bonchev–Trinajstić information content (AvgIpc) is 3.21. The zero-order valence-corrected chi connectivity index (χ0v) is 15.7. The summed E-state index contributed by atoms with van der Waals surface area (Å²) < 4.78 is 5.76. The molecule has 1 aromatic heterocycles. The molecule has 6 heteroatoms. The number of rotatable bonds is 4. The molecule has 0 spiro atoms. The lowest BCUT2D eigenvalue weighted by molar-refractivity contribution is -0.122. The molecule has 29 heavy (non-hydrogen) atoms. The van der Waals surface area contributed by atoms with Crippen molar-refractivity contribution in [2.24, 2.45) is 0 Å². The second-order valence-corrected chi connectivity index (χ2v) is 6.55. The number of anilines is 1. The molecule has 1 aliphatic rings. The summed E-state index contributed by atoms with van der Waals surface area (Å²) in [6.07, 6.45) is 2.19. The molecular weight excluding hydrogens is 368 g/mol. The number of imide groups is 2. The topological polar surface area (TPSA) is 79.6 Å². The number of nitrogens with zero attached hydrogens (tertiary/aromatic N) is 1. The molecule has 4 rings (SSSR count). The smallest absolute Gasteiger partial charge is 0.335 e. The van der Waals surface area contributed by atoms with E-state index in [0.29, 0.717) is 17.2 Å². The van der Waals surface area contributed by atoms with Crippen LogP contribution in [0.15, 0.2) is 76.7 Å². The van der Waals surface area contributed by atoms with Crippen LogP contribution in [0.2, 0.25) is 0 Å². The quantitative estimate of drug-likeness (QED) is 0.539. The molecule has 0 saturated carbocycles. The summed E-state index contributed by atoms with van der Waals surface area (Å²) in [6.45, 7) is 2.01. The molecule has 0 unspecified atom stereocenters. The highest BCUT2D eigenvalue weighted by molar-refractivity contribution is 6.39. The third kappa shape index (κ3) is 3.60. The van der Waals surface area contributed by atoms with Crippen LogP contribution in [0, 0.1) is 0 Å². The molecule has 144 valence electrons. The van der Waals surface area contributed by atoms with Crippen molar-refractivity contribution in [3.63, 3.8) is 0 Å². The van der Waals surface area contributed by atoms with E-state index in [4.69, 9.17) is 4.42 Å². The largest absolute Gasteiger partial charge is 0.457 e. The molecule has 0 bridgehead atoms. The lowest BCUT2D eigenvalue weighted by Gasteiger charge is -2.26. The van der Waals surface area contributed by atoms with E-state index in [-0.39, 0.29) is 5.57 Å². The highest BCUT2D eigenvalue weighted by Crippen LogP contribution is 2.26. The Labute approximate surface area is 167 Å². The Morgan fingerprint density at radius 3 is 2.34 bits per heavy atom. The average molecular weight is 386 g/mol. The summed E-state index contributed by atoms with van der Waals surface area (Å²) in [5.41, 5.74) is 2.18. The van der Waals surface area contributed by atoms with Gasteiger partial charge in [0.15, 0.2) is 0 Å². The van der Waals surface area contributed by atoms with E-state index in [1.165, 1.54) is 6.08 Å². The number of nitrogens with one attached hydrogen (secondary N) is 1. The first kappa shape index (κ1) is 18.4. The van der Waals surface area contributed by atoms with Crippen LogP contribution in [0.25, 0.3) is 17.4 Å². The van der Waals surface area contributed by atoms with Gasteiger partial charge >= 0.3 is 6.03 Å². The van der Waals surface area contributed by atoms with E-state index in [9.17, 15) is 14.4 Å². The zero-order chi connectivity index (χ0) is 20.4. The van der Waals surface area contributed by atoms with Gasteiger partial charge in [0, 0.05) is 5.56 Å². The van der Waals surface area contributed by atoms with Crippen molar-refractivity contribution in [1.82, 2.24) is 5.32 Å². The third-order valence-corrected chi connectivity index (χ3v) is 4.68. The number of urea groups is 1. The number of amides is 4. The maximum Gasteiger partial charge on any atom is 0.335 e. The van der Waals surface area contributed by atoms with E-state index < -0.39 is 17.8 Å². The number of furan rings is 1. The molecule has 2 heterocycles. The van der Waals surface area contributed by atoms with Crippen LogP contribution in [0.3, 0.4) is 0 Å². The Bertz CT molecular complexity index is 1110. The minimum absolute atomic E-state index is 0.168. The normalized spacial score (nSPS) is 15.7. The van der Waals surface area contributed by atoms with Crippen LogP contribution in [0.5, 0.6) is 0 Å². The van der Waals surface area contributed by atoms with Crippen LogP contribution >= 0.6 is 0 Å². The van der Waals surface area contributed by atoms with Crippen molar-refractivity contribution in [1.29, 1.82) is 0 Å². The summed E-state index contributed by atoms with van der Waals surface area (Å²) in [5.74, 6) is -0.484. The van der Waals surface area contributed by atoms with Gasteiger partial charge in [0.05, 0.1) is 5.69 Å². The molecule has 0 atom stereocenters. The van der Waals surface area contributed by atoms with Gasteiger partial charge in [0.2, 0.25) is 0 Å². The molecule has 3 aromatic rings. The molecular formula is C23H18N2O4. The first-order valence-corrected chi connectivity index (χ1v) is 9.22. The number of aryl methyl sites for hydroxylation is 1. The molecule has 1 saturated heterocycles. The van der Waals surface area contributed by atoms with Gasteiger partial charge in [-0.25, -0.2) is 9.69 Å². The van der Waals surface area contributed by atoms with Crippen molar-refractivity contribution in [3.8, 4) is 11.3 Å². The number of barbiturate groups is 1. The number of hydrogen-bond acceptors (Lipinski definition) is 4. The molecule has 6 nitrogen and oxygen atoms in total. The molecule has 0 aliphatic carbocycles. The minimum Gasteiger partial charge on any atom is -0.457 e. The molecule has 1 N–H and O–H groups in total. The Kier molecular flexibility index (Phi) is 4.83. The Balaban J connectivity index is 1.66. The van der Waals surface area contributed by atoms with Crippen LogP contribution in [-0.4, -0.2) is 17.8 Å². The second kappa shape index (κ2) is 7.59. The van der Waals surface area contributed by atoms with Crippen molar-refractivity contribution in [2.75, 3.05) is 4.90 Å². The monoisotopic (exact) mass is 386 g/mol. The fourth-order valence-corrected chi connectivity index (χ4v) is 3.10. The van der Waals surface area contributed by atoms with Crippen LogP contribution in [0.4, 0.5) is 10.5 Å². The van der Waals surface area contributed by atoms with Gasteiger partial charge < -0.3 is 4.42 Å². The lowest BCUT2D eigenvalue weighted by Crippen LogP contribution is -2.54. The first-order chi connectivity index (χ1) is 14.1. The summed E-state index contributed by atoms with van der Waals surface area (Å²) in [7, 11) is 0. The summed E-state index contributed by atoms with van der Waals surface area (Å²) >= 11 is 0. The van der Waals surface area contributed by atoms with Crippen molar-refractivity contribution in [3.05, 3.63) is 83.6 Å². The van der Waals surface area contributed by atoms with Gasteiger partial charge in [-0.1, -0.05) is 49.4 Å². The van der Waals surface area contributed by atoms with Gasteiger partial charge in [-0.3, -0.25) is 14.9 Å². The summed E-state index contributed by atoms with van der Waals surface area (Å²) in [4.78, 5) is 38.4. The Hall–Kier alpha value is -3.93. The lowest BCUT2D eigenvalue weighted by atomic mass is 10.1. The van der Waals surface area contributed by atoms with Gasteiger partial charge in [0.25, 0.3) is 11.8 Å². The van der Waals surface area contributed by atoms with Crippen LogP contribution in [-0.2, 0) is 16.0 Å². The molecule has 0 radical (unpaired) electrons. The first-order valence-electron chi connectivity index (χ1n) is 9.22.